The van der Waals surface area contributed by atoms with E-state index in [1.54, 1.807) is 0 Å². The van der Waals surface area contributed by atoms with Crippen molar-refractivity contribution in [3.63, 3.8) is 0 Å². The maximum atomic E-state index is 12.9. The first-order valence-corrected chi connectivity index (χ1v) is 16.9. The van der Waals surface area contributed by atoms with Gasteiger partial charge >= 0.3 is 247 Å². The summed E-state index contributed by atoms with van der Waals surface area (Å²) in [5.74, 6) is 0.840. The molecule has 0 saturated heterocycles. The van der Waals surface area contributed by atoms with Gasteiger partial charge in [-0.3, -0.25) is 0 Å². The van der Waals surface area contributed by atoms with Crippen LogP contribution in [0.15, 0.2) is 156 Å². The first kappa shape index (κ1) is 28.0. The summed E-state index contributed by atoms with van der Waals surface area (Å²) >= 11 is 0. The van der Waals surface area contributed by atoms with Crippen LogP contribution in [0.2, 0.25) is 0 Å². The molecule has 0 aliphatic rings. The molecular weight excluding hydrogens is 569 g/mol. The van der Waals surface area contributed by atoms with Crippen LogP contribution in [0.4, 0.5) is 0 Å². The van der Waals surface area contributed by atoms with Gasteiger partial charge in [-0.2, -0.15) is 0 Å². The molecule has 6 rings (SSSR count). The van der Waals surface area contributed by atoms with E-state index in [4.69, 9.17) is 13.5 Å². The van der Waals surface area contributed by atoms with Crippen LogP contribution in [0.1, 0.15) is 5.69 Å². The van der Waals surface area contributed by atoms with Crippen molar-refractivity contribution in [3.8, 4) is 22.8 Å². The number of aromatic nitrogens is 1. The van der Waals surface area contributed by atoms with Crippen LogP contribution >= 0.6 is 6.83 Å². The zero-order chi connectivity index (χ0) is 29.1. The van der Waals surface area contributed by atoms with Crippen LogP contribution in [-0.4, -0.2) is 4.98 Å². The minimum atomic E-state index is -4.93. The van der Waals surface area contributed by atoms with Crippen LogP contribution < -0.4 is 29.9 Å². The van der Waals surface area contributed by atoms with E-state index in [1.807, 2.05) is 152 Å². The van der Waals surface area contributed by atoms with Crippen molar-refractivity contribution in [1.29, 1.82) is 0 Å². The number of hydrogen-bond acceptors (Lipinski definition) is 6. The Balaban J connectivity index is 1.74. The zero-order valence-electron chi connectivity index (χ0n) is 22.5. The third kappa shape index (κ3) is 5.06. The van der Waals surface area contributed by atoms with E-state index in [0.717, 1.165) is 11.1 Å². The van der Waals surface area contributed by atoms with Crippen LogP contribution in [-0.2, 0) is 10.2 Å². The molecule has 0 N–H and O–H groups in total. The van der Waals surface area contributed by atoms with Crippen LogP contribution in [0, 0.1) is 10.2 Å². The number of benzene rings is 5. The molecule has 6 aromatic rings. The zero-order valence-corrected chi connectivity index (χ0v) is 24.1. The molecular formula is C34H27ClNO5P. The molecule has 0 radical (unpaired) electrons. The van der Waals surface area contributed by atoms with Gasteiger partial charge in [0.2, 0.25) is 0 Å². The average Bonchev–Trinajstić information content (AvgIpc) is 3.45. The Morgan fingerprint density at radius 1 is 0.548 bits per heavy atom. The van der Waals surface area contributed by atoms with Gasteiger partial charge in [-0.1, -0.05) is 0 Å². The molecule has 0 amide bonds. The Hall–Kier alpha value is -4.13. The molecule has 0 saturated carbocycles. The van der Waals surface area contributed by atoms with Crippen molar-refractivity contribution in [2.45, 2.75) is 6.16 Å². The van der Waals surface area contributed by atoms with E-state index >= 15 is 0 Å². The number of hydrogen-bond donors (Lipinski definition) is 0. The SMILES string of the molecule is [O-][Cl+3]([O-])([O-])OP(Cc1nc(-c2ccccc2)oc1-c1ccccc1)(c1ccccc1)(c1ccccc1)c1ccccc1. The molecule has 210 valence electrons. The Morgan fingerprint density at radius 2 is 0.929 bits per heavy atom. The predicted molar refractivity (Wildman–Crippen MR) is 157 cm³/mol. The summed E-state index contributed by atoms with van der Waals surface area (Å²) in [6.07, 6.45) is -0.0569. The molecule has 1 aromatic heterocycles. The molecule has 5 aromatic carbocycles. The molecule has 0 unspecified atom stereocenters. The van der Waals surface area contributed by atoms with Crippen molar-refractivity contribution in [2.75, 3.05) is 0 Å². The molecule has 1 heterocycles. The number of rotatable bonds is 9. The molecule has 8 heteroatoms. The van der Waals surface area contributed by atoms with Crippen molar-refractivity contribution in [2.24, 2.45) is 0 Å². The fourth-order valence-corrected chi connectivity index (χ4v) is 12.8. The number of halogens is 1. The van der Waals surface area contributed by atoms with Gasteiger partial charge in [0, 0.05) is 0 Å². The molecule has 0 bridgehead atoms. The average molecular weight is 596 g/mol. The molecule has 0 atom stereocenters. The summed E-state index contributed by atoms with van der Waals surface area (Å²) in [4.78, 5) is 4.98. The number of oxazole rings is 1. The molecule has 6 nitrogen and oxygen atoms in total. The van der Waals surface area contributed by atoms with Crippen LogP contribution in [0.25, 0.3) is 22.8 Å². The third-order valence-electron chi connectivity index (χ3n) is 7.35. The Bertz CT molecular complexity index is 1660. The van der Waals surface area contributed by atoms with Crippen molar-refractivity contribution in [1.82, 2.24) is 4.98 Å². The van der Waals surface area contributed by atoms with Gasteiger partial charge in [0.15, 0.2) is 0 Å². The first-order chi connectivity index (χ1) is 20.4. The summed E-state index contributed by atoms with van der Waals surface area (Å²) in [6.45, 7) is -4.67. The van der Waals surface area contributed by atoms with Crippen LogP contribution in [0.5, 0.6) is 0 Å². The van der Waals surface area contributed by atoms with Gasteiger partial charge in [0.25, 0.3) is 0 Å². The Morgan fingerprint density at radius 3 is 1.33 bits per heavy atom. The maximum absolute atomic E-state index is 12.9. The van der Waals surface area contributed by atoms with Gasteiger partial charge in [-0.15, -0.1) is 0 Å². The Labute approximate surface area is 246 Å². The quantitative estimate of drug-likeness (QED) is 0.235. The van der Waals surface area contributed by atoms with Crippen molar-refractivity contribution < 1.29 is 32.7 Å². The van der Waals surface area contributed by atoms with E-state index in [0.29, 0.717) is 33.3 Å². The van der Waals surface area contributed by atoms with E-state index < -0.39 is 17.1 Å². The van der Waals surface area contributed by atoms with E-state index in [1.165, 1.54) is 0 Å². The minimum absolute atomic E-state index is 0.0569. The molecule has 0 fully saturated rings. The van der Waals surface area contributed by atoms with Gasteiger partial charge in [0.05, 0.1) is 0 Å². The standard InChI is InChI=1S/C34H27ClNO5P/c37-35(38,39)41-42(29-20-10-3-11-21-29,30-22-12-4-13-23-30,31-24-14-5-15-25-31)26-32-33(27-16-6-1-7-17-27)40-34(36-32)28-18-8-2-9-19-28/h1-25H,26H2. The summed E-state index contributed by atoms with van der Waals surface area (Å²) in [7, 11) is -4.93. The fourth-order valence-electron chi connectivity index (χ4n) is 5.55. The van der Waals surface area contributed by atoms with Gasteiger partial charge in [0.1, 0.15) is 0 Å². The monoisotopic (exact) mass is 595 g/mol. The summed E-state index contributed by atoms with van der Waals surface area (Å²) in [6, 6.07) is 46.3. The summed E-state index contributed by atoms with van der Waals surface area (Å²) < 4.78 is 51.3. The predicted octanol–water partition coefficient (Wildman–Crippen LogP) is 3.87. The topological polar surface area (TPSA) is 104 Å². The summed E-state index contributed by atoms with van der Waals surface area (Å²) in [5.41, 5.74) is 1.99. The first-order valence-electron chi connectivity index (χ1n) is 13.3. The molecule has 0 spiro atoms. The van der Waals surface area contributed by atoms with Gasteiger partial charge in [-0.05, 0) is 0 Å². The van der Waals surface area contributed by atoms with Crippen molar-refractivity contribution in [3.05, 3.63) is 157 Å². The number of nitrogens with zero attached hydrogens (tertiary/aromatic N) is 1. The third-order valence-corrected chi connectivity index (χ3v) is 14.3. The van der Waals surface area contributed by atoms with E-state index in [-0.39, 0.29) is 6.16 Å². The molecule has 0 aliphatic heterocycles. The van der Waals surface area contributed by atoms with Crippen molar-refractivity contribution >= 4 is 22.7 Å². The molecule has 0 aliphatic carbocycles. The normalized spacial score (nSPS) is 12.9. The summed E-state index contributed by atoms with van der Waals surface area (Å²) in [5, 5.41) is 1.70. The van der Waals surface area contributed by atoms with E-state index in [2.05, 4.69) is 0 Å². The second-order valence-corrected chi connectivity index (χ2v) is 15.5. The fraction of sp³-hybridized carbons (Fsp3) is 0.0294. The van der Waals surface area contributed by atoms with Gasteiger partial charge in [-0.25, -0.2) is 0 Å². The molecule has 42 heavy (non-hydrogen) atoms. The van der Waals surface area contributed by atoms with Gasteiger partial charge < -0.3 is 0 Å². The van der Waals surface area contributed by atoms with Crippen LogP contribution in [0.3, 0.4) is 0 Å². The second kappa shape index (κ2) is 11.3. The Kier molecular flexibility index (Phi) is 7.52. The second-order valence-electron chi connectivity index (χ2n) is 9.85. The van der Waals surface area contributed by atoms with E-state index in [9.17, 15) is 14.0 Å².